The van der Waals surface area contributed by atoms with E-state index in [1.54, 1.807) is 0 Å². The Morgan fingerprint density at radius 1 is 1.06 bits per heavy atom. The molecule has 0 atom stereocenters. The van der Waals surface area contributed by atoms with E-state index in [-0.39, 0.29) is 13.1 Å². The Hall–Kier alpha value is -1.83. The predicted octanol–water partition coefficient (Wildman–Crippen LogP) is -2.29. The van der Waals surface area contributed by atoms with E-state index >= 15 is 0 Å². The maximum atomic E-state index is 12.0. The van der Waals surface area contributed by atoms with Gasteiger partial charge in [0.1, 0.15) is 13.1 Å². The maximum Gasteiger partial charge on any atom is 0.321 e. The fourth-order valence-electron chi connectivity index (χ4n) is 1.52. The van der Waals surface area contributed by atoms with Crippen molar-refractivity contribution in [3.05, 3.63) is 0 Å². The van der Waals surface area contributed by atoms with Crippen LogP contribution in [0.25, 0.3) is 0 Å². The Kier molecular flexibility index (Phi) is 4.70. The van der Waals surface area contributed by atoms with Crippen LogP contribution in [0.1, 0.15) is 0 Å². The zero-order valence-corrected chi connectivity index (χ0v) is 9.42. The van der Waals surface area contributed by atoms with Crippen LogP contribution in [0.5, 0.6) is 0 Å². The van der Waals surface area contributed by atoms with Crippen LogP contribution in [-0.4, -0.2) is 67.0 Å². The largest absolute Gasteiger partial charge is 0.378 e. The first kappa shape index (κ1) is 13.2. The molecule has 4 N–H and O–H groups in total. The topological polar surface area (TPSA) is 119 Å². The molecule has 0 aromatic carbocycles. The lowest BCUT2D eigenvalue weighted by atomic mass is 10.4. The van der Waals surface area contributed by atoms with Crippen molar-refractivity contribution in [1.82, 2.24) is 9.80 Å². The van der Waals surface area contributed by atoms with Gasteiger partial charge >= 0.3 is 6.03 Å². The molecule has 4 amide bonds. The van der Waals surface area contributed by atoms with Crippen molar-refractivity contribution in [3.8, 4) is 0 Å². The van der Waals surface area contributed by atoms with Gasteiger partial charge in [-0.15, -0.1) is 0 Å². The number of morpholine rings is 1. The van der Waals surface area contributed by atoms with Gasteiger partial charge in [-0.25, -0.2) is 4.79 Å². The first-order chi connectivity index (χ1) is 8.00. The van der Waals surface area contributed by atoms with Crippen molar-refractivity contribution >= 4 is 17.8 Å². The average Bonchev–Trinajstić information content (AvgIpc) is 2.27. The minimum Gasteiger partial charge on any atom is -0.378 e. The van der Waals surface area contributed by atoms with Crippen molar-refractivity contribution in [3.63, 3.8) is 0 Å². The van der Waals surface area contributed by atoms with Crippen LogP contribution in [0, 0.1) is 0 Å². The Bertz CT molecular complexity index is 298. The molecular weight excluding hydrogens is 228 g/mol. The van der Waals surface area contributed by atoms with Gasteiger partial charge in [-0.05, 0) is 0 Å². The molecule has 0 aliphatic carbocycles. The van der Waals surface area contributed by atoms with E-state index in [1.165, 1.54) is 4.90 Å². The number of hydrogen-bond donors (Lipinski definition) is 2. The molecule has 0 saturated carbocycles. The van der Waals surface area contributed by atoms with E-state index in [0.29, 0.717) is 26.3 Å². The van der Waals surface area contributed by atoms with Gasteiger partial charge in [-0.1, -0.05) is 0 Å². The Labute approximate surface area is 98.5 Å². The quantitative estimate of drug-likeness (QED) is 0.578. The molecule has 0 aromatic heterocycles. The second-order valence-electron chi connectivity index (χ2n) is 3.67. The van der Waals surface area contributed by atoms with Crippen molar-refractivity contribution in [2.45, 2.75) is 0 Å². The summed E-state index contributed by atoms with van der Waals surface area (Å²) < 4.78 is 5.10. The van der Waals surface area contributed by atoms with Crippen LogP contribution in [0.4, 0.5) is 4.79 Å². The van der Waals surface area contributed by atoms with E-state index in [1.807, 2.05) is 0 Å². The number of ether oxygens (including phenoxy) is 1. The number of carbonyl (C=O) groups is 3. The highest BCUT2D eigenvalue weighted by Gasteiger charge is 2.24. The zero-order valence-electron chi connectivity index (χ0n) is 9.42. The molecule has 1 heterocycles. The summed E-state index contributed by atoms with van der Waals surface area (Å²) in [7, 11) is 0. The fourth-order valence-corrected chi connectivity index (χ4v) is 1.52. The van der Waals surface area contributed by atoms with Gasteiger partial charge in [0, 0.05) is 13.1 Å². The van der Waals surface area contributed by atoms with E-state index in [2.05, 4.69) is 0 Å². The summed E-state index contributed by atoms with van der Waals surface area (Å²) in [5.74, 6) is -1.37. The monoisotopic (exact) mass is 244 g/mol. The van der Waals surface area contributed by atoms with Gasteiger partial charge < -0.3 is 26.0 Å². The van der Waals surface area contributed by atoms with Crippen LogP contribution in [-0.2, 0) is 14.3 Å². The van der Waals surface area contributed by atoms with Crippen LogP contribution in [0.3, 0.4) is 0 Å². The van der Waals surface area contributed by atoms with Gasteiger partial charge in [-0.2, -0.15) is 0 Å². The normalized spacial score (nSPS) is 15.4. The van der Waals surface area contributed by atoms with Crippen LogP contribution in [0.15, 0.2) is 0 Å². The fraction of sp³-hybridized carbons (Fsp3) is 0.667. The minimum absolute atomic E-state index is 0.320. The summed E-state index contributed by atoms with van der Waals surface area (Å²) in [5, 5.41) is 0. The van der Waals surface area contributed by atoms with E-state index < -0.39 is 17.8 Å². The number of primary amides is 2. The summed E-state index contributed by atoms with van der Waals surface area (Å²) >= 11 is 0. The third-order valence-corrected chi connectivity index (χ3v) is 2.25. The van der Waals surface area contributed by atoms with Crippen molar-refractivity contribution < 1.29 is 19.1 Å². The smallest absolute Gasteiger partial charge is 0.321 e. The SMILES string of the molecule is NC(=O)CN(CC(N)=O)C(=O)N1CCOCC1. The molecular formula is C9H16N4O4. The van der Waals surface area contributed by atoms with Gasteiger partial charge in [0.25, 0.3) is 0 Å². The van der Waals surface area contributed by atoms with Gasteiger partial charge in [0.05, 0.1) is 13.2 Å². The first-order valence-electron chi connectivity index (χ1n) is 5.19. The van der Waals surface area contributed by atoms with Gasteiger partial charge in [0.15, 0.2) is 0 Å². The molecule has 0 bridgehead atoms. The number of nitrogens with zero attached hydrogens (tertiary/aromatic N) is 2. The molecule has 1 rings (SSSR count). The molecule has 0 radical (unpaired) electrons. The molecule has 1 aliphatic rings. The second kappa shape index (κ2) is 6.04. The van der Waals surface area contributed by atoms with E-state index in [4.69, 9.17) is 16.2 Å². The zero-order chi connectivity index (χ0) is 12.8. The molecule has 1 aliphatic heterocycles. The van der Waals surface area contributed by atoms with Crippen LogP contribution >= 0.6 is 0 Å². The molecule has 1 fully saturated rings. The summed E-state index contributed by atoms with van der Waals surface area (Å²) in [6.07, 6.45) is 0. The van der Waals surface area contributed by atoms with Crippen molar-refractivity contribution in [2.24, 2.45) is 11.5 Å². The maximum absolute atomic E-state index is 12.0. The lowest BCUT2D eigenvalue weighted by Gasteiger charge is -2.31. The molecule has 8 heteroatoms. The van der Waals surface area contributed by atoms with Gasteiger partial charge in [0.2, 0.25) is 11.8 Å². The Morgan fingerprint density at radius 2 is 1.53 bits per heavy atom. The Morgan fingerprint density at radius 3 is 1.94 bits per heavy atom. The first-order valence-corrected chi connectivity index (χ1v) is 5.19. The highest BCUT2D eigenvalue weighted by Crippen LogP contribution is 2.03. The summed E-state index contributed by atoms with van der Waals surface area (Å²) in [6.45, 7) is 1.08. The van der Waals surface area contributed by atoms with Crippen LogP contribution < -0.4 is 11.5 Å². The number of amides is 4. The number of nitrogens with two attached hydrogens (primary N) is 2. The van der Waals surface area contributed by atoms with E-state index in [9.17, 15) is 14.4 Å². The van der Waals surface area contributed by atoms with E-state index in [0.717, 1.165) is 4.90 Å². The molecule has 17 heavy (non-hydrogen) atoms. The summed E-state index contributed by atoms with van der Waals surface area (Å²) in [6, 6.07) is -0.425. The molecule has 0 unspecified atom stereocenters. The molecule has 96 valence electrons. The minimum atomic E-state index is -0.687. The molecule has 1 saturated heterocycles. The summed E-state index contributed by atoms with van der Waals surface area (Å²) in [4.78, 5) is 36.1. The number of carbonyl (C=O) groups excluding carboxylic acids is 3. The number of rotatable bonds is 4. The third kappa shape index (κ3) is 4.27. The summed E-state index contributed by atoms with van der Waals surface area (Å²) in [5.41, 5.74) is 10.0. The average molecular weight is 244 g/mol. The molecule has 0 spiro atoms. The van der Waals surface area contributed by atoms with Crippen molar-refractivity contribution in [1.29, 1.82) is 0 Å². The highest BCUT2D eigenvalue weighted by atomic mass is 16.5. The number of hydrogen-bond acceptors (Lipinski definition) is 4. The lowest BCUT2D eigenvalue weighted by molar-refractivity contribution is -0.121. The molecule has 8 nitrogen and oxygen atoms in total. The number of urea groups is 1. The molecule has 0 aromatic rings. The Balaban J connectivity index is 2.63. The third-order valence-electron chi connectivity index (χ3n) is 2.25. The van der Waals surface area contributed by atoms with Gasteiger partial charge in [-0.3, -0.25) is 9.59 Å². The standard InChI is InChI=1S/C9H16N4O4/c10-7(14)5-13(6-8(11)15)9(16)12-1-3-17-4-2-12/h1-6H2,(H2,10,14)(H2,11,15). The second-order valence-corrected chi connectivity index (χ2v) is 3.67. The van der Waals surface area contributed by atoms with Crippen LogP contribution in [0.2, 0.25) is 0 Å². The highest BCUT2D eigenvalue weighted by molar-refractivity contribution is 5.87. The lowest BCUT2D eigenvalue weighted by Crippen LogP contribution is -2.52. The predicted molar refractivity (Wildman–Crippen MR) is 57.7 cm³/mol. The van der Waals surface area contributed by atoms with Crippen molar-refractivity contribution in [2.75, 3.05) is 39.4 Å².